The summed E-state index contributed by atoms with van der Waals surface area (Å²) in [4.78, 5) is 21.8. The van der Waals surface area contributed by atoms with Crippen molar-refractivity contribution >= 4 is 0 Å². The van der Waals surface area contributed by atoms with Crippen molar-refractivity contribution in [2.75, 3.05) is 14.1 Å². The Labute approximate surface area is 111 Å². The summed E-state index contributed by atoms with van der Waals surface area (Å²) in [6, 6.07) is 0. The molecule has 0 aromatic rings. The standard InChI is InChI=1S/C12H17N3O4/c1-5-6-11(7-8-13(3)4)12(15(18)19)9-10(2)14(16)17/h6-9H,2,5H2,1,3-4H3/b8-7+,11-6-,12-9+. The van der Waals surface area contributed by atoms with Crippen molar-refractivity contribution < 1.29 is 9.85 Å². The van der Waals surface area contributed by atoms with Gasteiger partial charge in [0.25, 0.3) is 11.4 Å². The Kier molecular flexibility index (Phi) is 6.80. The number of rotatable bonds is 7. The molecular formula is C12H17N3O4. The van der Waals surface area contributed by atoms with E-state index in [0.717, 1.165) is 6.08 Å². The van der Waals surface area contributed by atoms with Gasteiger partial charge in [0.15, 0.2) is 0 Å². The lowest BCUT2D eigenvalue weighted by Gasteiger charge is -2.04. The summed E-state index contributed by atoms with van der Waals surface area (Å²) in [5, 5.41) is 21.5. The average molecular weight is 267 g/mol. The van der Waals surface area contributed by atoms with Crippen LogP contribution < -0.4 is 0 Å². The molecule has 7 heteroatoms. The Balaban J connectivity index is 5.56. The van der Waals surface area contributed by atoms with Gasteiger partial charge in [0.05, 0.1) is 15.9 Å². The van der Waals surface area contributed by atoms with Gasteiger partial charge in [0.2, 0.25) is 0 Å². The van der Waals surface area contributed by atoms with E-state index in [2.05, 4.69) is 6.58 Å². The molecule has 0 saturated carbocycles. The van der Waals surface area contributed by atoms with Crippen LogP contribution in [0.2, 0.25) is 0 Å². The second-order valence-electron chi connectivity index (χ2n) is 3.88. The van der Waals surface area contributed by atoms with E-state index < -0.39 is 15.5 Å². The van der Waals surface area contributed by atoms with Gasteiger partial charge in [-0.05, 0) is 25.3 Å². The lowest BCUT2D eigenvalue weighted by molar-refractivity contribution is -0.431. The predicted octanol–water partition coefficient (Wildman–Crippen LogP) is 2.35. The van der Waals surface area contributed by atoms with E-state index in [1.807, 2.05) is 6.92 Å². The van der Waals surface area contributed by atoms with Crippen molar-refractivity contribution in [3.63, 3.8) is 0 Å². The Morgan fingerprint density at radius 3 is 2.21 bits per heavy atom. The van der Waals surface area contributed by atoms with Crippen LogP contribution in [0.15, 0.2) is 48.0 Å². The van der Waals surface area contributed by atoms with Crippen molar-refractivity contribution in [3.8, 4) is 0 Å². The van der Waals surface area contributed by atoms with E-state index >= 15 is 0 Å². The maximum atomic E-state index is 11.0. The van der Waals surface area contributed by atoms with Gasteiger partial charge >= 0.3 is 0 Å². The predicted molar refractivity (Wildman–Crippen MR) is 72.4 cm³/mol. The quantitative estimate of drug-likeness (QED) is 0.401. The van der Waals surface area contributed by atoms with Gasteiger partial charge in [-0.2, -0.15) is 0 Å². The monoisotopic (exact) mass is 267 g/mol. The average Bonchev–Trinajstić information content (AvgIpc) is 2.30. The molecule has 0 aromatic heterocycles. The fraction of sp³-hybridized carbons (Fsp3) is 0.333. The van der Waals surface area contributed by atoms with E-state index in [-0.39, 0.29) is 5.70 Å². The highest BCUT2D eigenvalue weighted by Gasteiger charge is 2.18. The first-order chi connectivity index (χ1) is 8.79. The van der Waals surface area contributed by atoms with Crippen LogP contribution in [0.3, 0.4) is 0 Å². The Morgan fingerprint density at radius 1 is 1.26 bits per heavy atom. The molecule has 0 atom stereocenters. The highest BCUT2D eigenvalue weighted by atomic mass is 16.6. The van der Waals surface area contributed by atoms with Crippen LogP contribution in [0.25, 0.3) is 0 Å². The van der Waals surface area contributed by atoms with Gasteiger partial charge in [-0.15, -0.1) is 0 Å². The molecule has 0 aromatic carbocycles. The van der Waals surface area contributed by atoms with Crippen molar-refractivity contribution in [3.05, 3.63) is 68.2 Å². The third-order valence-electron chi connectivity index (χ3n) is 2.01. The second-order valence-corrected chi connectivity index (χ2v) is 3.88. The number of allylic oxidation sites excluding steroid dienone is 3. The molecule has 0 N–H and O–H groups in total. The molecule has 19 heavy (non-hydrogen) atoms. The van der Waals surface area contributed by atoms with Gasteiger partial charge < -0.3 is 4.90 Å². The van der Waals surface area contributed by atoms with Crippen LogP contribution in [0.1, 0.15) is 13.3 Å². The zero-order valence-corrected chi connectivity index (χ0v) is 11.2. The van der Waals surface area contributed by atoms with E-state index in [4.69, 9.17) is 0 Å². The van der Waals surface area contributed by atoms with Crippen LogP contribution in [0.4, 0.5) is 0 Å². The number of nitrogens with zero attached hydrogens (tertiary/aromatic N) is 3. The summed E-state index contributed by atoms with van der Waals surface area (Å²) in [6.45, 7) is 5.00. The number of hydrogen-bond acceptors (Lipinski definition) is 5. The molecule has 0 aliphatic heterocycles. The molecule has 0 heterocycles. The first kappa shape index (κ1) is 16.6. The second kappa shape index (κ2) is 7.80. The van der Waals surface area contributed by atoms with Crippen molar-refractivity contribution in [1.29, 1.82) is 0 Å². The molecule has 0 radical (unpaired) electrons. The minimum absolute atomic E-state index is 0.309. The molecule has 0 aliphatic carbocycles. The highest BCUT2D eigenvalue weighted by Crippen LogP contribution is 2.16. The summed E-state index contributed by atoms with van der Waals surface area (Å²) >= 11 is 0. The van der Waals surface area contributed by atoms with Gasteiger partial charge in [-0.3, -0.25) is 20.2 Å². The van der Waals surface area contributed by atoms with E-state index in [9.17, 15) is 20.2 Å². The van der Waals surface area contributed by atoms with Crippen molar-refractivity contribution in [1.82, 2.24) is 4.90 Å². The Bertz CT molecular complexity index is 462. The fourth-order valence-electron chi connectivity index (χ4n) is 1.16. The maximum absolute atomic E-state index is 11.0. The topological polar surface area (TPSA) is 89.5 Å². The van der Waals surface area contributed by atoms with Crippen LogP contribution >= 0.6 is 0 Å². The van der Waals surface area contributed by atoms with Crippen LogP contribution in [-0.4, -0.2) is 28.8 Å². The minimum Gasteiger partial charge on any atom is -0.383 e. The summed E-state index contributed by atoms with van der Waals surface area (Å²) in [5.41, 5.74) is -0.558. The van der Waals surface area contributed by atoms with Crippen LogP contribution in [0.5, 0.6) is 0 Å². The van der Waals surface area contributed by atoms with Crippen LogP contribution in [-0.2, 0) is 0 Å². The first-order valence-corrected chi connectivity index (χ1v) is 5.54. The van der Waals surface area contributed by atoms with Crippen molar-refractivity contribution in [2.24, 2.45) is 0 Å². The van der Waals surface area contributed by atoms with E-state index in [0.29, 0.717) is 12.0 Å². The van der Waals surface area contributed by atoms with Gasteiger partial charge in [0, 0.05) is 19.7 Å². The molecule has 0 saturated heterocycles. The normalized spacial score (nSPS) is 12.6. The van der Waals surface area contributed by atoms with E-state index in [1.54, 1.807) is 31.3 Å². The molecule has 0 amide bonds. The zero-order chi connectivity index (χ0) is 15.0. The number of hydrogen-bond donors (Lipinski definition) is 0. The number of nitro groups is 2. The molecular weight excluding hydrogens is 250 g/mol. The molecule has 0 aliphatic rings. The molecule has 0 unspecified atom stereocenters. The van der Waals surface area contributed by atoms with Crippen molar-refractivity contribution in [2.45, 2.75) is 13.3 Å². The first-order valence-electron chi connectivity index (χ1n) is 5.54. The van der Waals surface area contributed by atoms with Gasteiger partial charge in [0.1, 0.15) is 0 Å². The summed E-state index contributed by atoms with van der Waals surface area (Å²) < 4.78 is 0. The lowest BCUT2D eigenvalue weighted by atomic mass is 10.1. The molecule has 0 spiro atoms. The molecule has 7 nitrogen and oxygen atoms in total. The molecule has 104 valence electrons. The highest BCUT2D eigenvalue weighted by molar-refractivity contribution is 5.37. The third-order valence-corrected chi connectivity index (χ3v) is 2.01. The third kappa shape index (κ3) is 6.16. The summed E-state index contributed by atoms with van der Waals surface area (Å²) in [7, 11) is 3.54. The Morgan fingerprint density at radius 2 is 1.84 bits per heavy atom. The maximum Gasteiger partial charge on any atom is 0.283 e. The fourth-order valence-corrected chi connectivity index (χ4v) is 1.16. The summed E-state index contributed by atoms with van der Waals surface area (Å²) in [5.74, 6) is 0. The smallest absolute Gasteiger partial charge is 0.283 e. The lowest BCUT2D eigenvalue weighted by Crippen LogP contribution is -2.06. The largest absolute Gasteiger partial charge is 0.383 e. The SMILES string of the molecule is C=C(\C=C(C(=C\CC)/C=C/N(C)C)\[N+](=O)[O-])[N+](=O)[O-]. The van der Waals surface area contributed by atoms with Gasteiger partial charge in [-0.1, -0.05) is 13.0 Å². The zero-order valence-electron chi connectivity index (χ0n) is 11.2. The molecule has 0 fully saturated rings. The molecule has 0 rings (SSSR count). The van der Waals surface area contributed by atoms with Crippen LogP contribution in [0, 0.1) is 20.2 Å². The molecule has 0 bridgehead atoms. The minimum atomic E-state index is -0.761. The van der Waals surface area contributed by atoms with Gasteiger partial charge in [-0.25, -0.2) is 0 Å². The summed E-state index contributed by atoms with van der Waals surface area (Å²) in [6.07, 6.45) is 6.23. The Hall–Kier alpha value is -2.44. The van der Waals surface area contributed by atoms with E-state index in [1.165, 1.54) is 6.08 Å².